The first-order valence-electron chi connectivity index (χ1n) is 9.09. The Hall–Kier alpha value is -2.46. The predicted octanol–water partition coefficient (Wildman–Crippen LogP) is 0.739. The van der Waals surface area contributed by atoms with Crippen LogP contribution < -0.4 is 16.1 Å². The van der Waals surface area contributed by atoms with E-state index in [1.165, 1.54) is 15.8 Å². The molecule has 1 aliphatic rings. The second kappa shape index (κ2) is 8.70. The molecule has 7 nitrogen and oxygen atoms in total. The van der Waals surface area contributed by atoms with E-state index in [1.54, 1.807) is 24.3 Å². The number of alkyl halides is 3. The van der Waals surface area contributed by atoms with E-state index in [2.05, 4.69) is 15.7 Å². The first kappa shape index (κ1) is 20.3. The number of carbonyl (C=O) groups excluding carboxylic acids is 1. The Morgan fingerprint density at radius 2 is 1.96 bits per heavy atom. The van der Waals surface area contributed by atoms with Crippen molar-refractivity contribution in [1.29, 1.82) is 0 Å². The normalized spacial score (nSPS) is 16.8. The maximum absolute atomic E-state index is 13.4. The van der Waals surface area contributed by atoms with Crippen LogP contribution in [0, 0.1) is 0 Å². The number of fused-ring (bicyclic) bond motifs is 1. The number of rotatable bonds is 6. The van der Waals surface area contributed by atoms with Gasteiger partial charge in [-0.25, -0.2) is 0 Å². The number of hydrogen-bond acceptors (Lipinski definition) is 5. The van der Waals surface area contributed by atoms with E-state index < -0.39 is 24.7 Å². The van der Waals surface area contributed by atoms with Gasteiger partial charge in [-0.15, -0.1) is 0 Å². The molecule has 1 saturated heterocycles. The van der Waals surface area contributed by atoms with Crippen molar-refractivity contribution in [3.05, 3.63) is 40.7 Å². The number of benzene rings is 1. The summed E-state index contributed by atoms with van der Waals surface area (Å²) in [6.07, 6.45) is -3.28. The number of hydrogen-bond donors (Lipinski definition) is 2. The van der Waals surface area contributed by atoms with Gasteiger partial charge in [0.15, 0.2) is 0 Å². The van der Waals surface area contributed by atoms with Crippen molar-refractivity contribution in [2.45, 2.75) is 25.2 Å². The number of amides is 1. The molecule has 0 spiro atoms. The van der Waals surface area contributed by atoms with Crippen LogP contribution in [-0.4, -0.2) is 65.5 Å². The Morgan fingerprint density at radius 1 is 1.25 bits per heavy atom. The van der Waals surface area contributed by atoms with Crippen molar-refractivity contribution >= 4 is 16.8 Å². The highest BCUT2D eigenvalue weighted by molar-refractivity contribution is 5.79. The Morgan fingerprint density at radius 3 is 2.68 bits per heavy atom. The Kier molecular flexibility index (Phi) is 6.30. The molecule has 2 aromatic rings. The third kappa shape index (κ3) is 4.87. The van der Waals surface area contributed by atoms with Crippen molar-refractivity contribution in [2.75, 3.05) is 32.7 Å². The maximum atomic E-state index is 13.4. The Bertz CT molecular complexity index is 877. The summed E-state index contributed by atoms with van der Waals surface area (Å²) in [6.45, 7) is 1.23. The van der Waals surface area contributed by atoms with Crippen molar-refractivity contribution in [1.82, 2.24) is 25.3 Å². The van der Waals surface area contributed by atoms with E-state index >= 15 is 0 Å². The number of para-hydroxylation sites is 1. The zero-order chi connectivity index (χ0) is 20.1. The highest BCUT2D eigenvalue weighted by atomic mass is 19.4. The average Bonchev–Trinajstić information content (AvgIpc) is 2.68. The van der Waals surface area contributed by atoms with Crippen LogP contribution >= 0.6 is 0 Å². The van der Waals surface area contributed by atoms with Crippen molar-refractivity contribution < 1.29 is 18.0 Å². The lowest BCUT2D eigenvalue weighted by atomic mass is 10.2. The molecule has 1 amide bonds. The zero-order valence-corrected chi connectivity index (χ0v) is 15.2. The molecule has 0 bridgehead atoms. The SMILES string of the molecule is O=C(CCn1ncc(=O)c2ccccc21)NCC(N1CCNCC1)C(F)(F)F. The Labute approximate surface area is 159 Å². The van der Waals surface area contributed by atoms with Gasteiger partial charge in [0, 0.05) is 44.5 Å². The lowest BCUT2D eigenvalue weighted by molar-refractivity contribution is -0.184. The summed E-state index contributed by atoms with van der Waals surface area (Å²) < 4.78 is 41.6. The van der Waals surface area contributed by atoms with Crippen molar-refractivity contribution in [3.63, 3.8) is 0 Å². The van der Waals surface area contributed by atoms with Gasteiger partial charge in [-0.2, -0.15) is 18.3 Å². The van der Waals surface area contributed by atoms with Crippen LogP contribution in [0.2, 0.25) is 0 Å². The largest absolute Gasteiger partial charge is 0.405 e. The molecule has 1 aromatic carbocycles. The number of aromatic nitrogens is 2. The molecule has 1 unspecified atom stereocenters. The fourth-order valence-corrected chi connectivity index (χ4v) is 3.29. The van der Waals surface area contributed by atoms with Gasteiger partial charge in [-0.1, -0.05) is 12.1 Å². The third-order valence-electron chi connectivity index (χ3n) is 4.78. The van der Waals surface area contributed by atoms with Gasteiger partial charge in [0.05, 0.1) is 18.3 Å². The van der Waals surface area contributed by atoms with Gasteiger partial charge in [-0.3, -0.25) is 19.2 Å². The molecule has 152 valence electrons. The Balaban J connectivity index is 1.59. The monoisotopic (exact) mass is 397 g/mol. The second-order valence-electron chi connectivity index (χ2n) is 6.65. The predicted molar refractivity (Wildman–Crippen MR) is 97.9 cm³/mol. The van der Waals surface area contributed by atoms with Crippen LogP contribution in [-0.2, 0) is 11.3 Å². The van der Waals surface area contributed by atoms with Gasteiger partial charge in [0.1, 0.15) is 6.04 Å². The molecule has 3 rings (SSSR count). The summed E-state index contributed by atoms with van der Waals surface area (Å²) in [5.74, 6) is -0.492. The minimum Gasteiger partial charge on any atom is -0.354 e. The second-order valence-corrected chi connectivity index (χ2v) is 6.65. The summed E-state index contributed by atoms with van der Waals surface area (Å²) in [4.78, 5) is 25.3. The topological polar surface area (TPSA) is 79.3 Å². The molecule has 0 saturated carbocycles. The fraction of sp³-hybridized carbons (Fsp3) is 0.500. The standard InChI is InChI=1S/C18H22F3N5O2/c19-18(20,21)16(25-9-6-22-7-10-25)12-23-17(28)5-8-26-14-4-2-1-3-13(14)15(27)11-24-26/h1-4,11,16,22H,5-10,12H2,(H,23,28). The molecule has 2 heterocycles. The van der Waals surface area contributed by atoms with Crippen LogP contribution in [0.15, 0.2) is 35.3 Å². The van der Waals surface area contributed by atoms with Crippen LogP contribution in [0.3, 0.4) is 0 Å². The summed E-state index contributed by atoms with van der Waals surface area (Å²) in [5.41, 5.74) is 0.358. The highest BCUT2D eigenvalue weighted by Gasteiger charge is 2.43. The summed E-state index contributed by atoms with van der Waals surface area (Å²) in [6, 6.07) is 5.16. The molecule has 1 aliphatic heterocycles. The van der Waals surface area contributed by atoms with Gasteiger partial charge in [0.2, 0.25) is 11.3 Å². The number of halogens is 3. The lowest BCUT2D eigenvalue weighted by Gasteiger charge is -2.35. The van der Waals surface area contributed by atoms with Gasteiger partial charge in [0.25, 0.3) is 0 Å². The van der Waals surface area contributed by atoms with Gasteiger partial charge in [-0.05, 0) is 12.1 Å². The summed E-state index contributed by atoms with van der Waals surface area (Å²) in [5, 5.41) is 9.90. The van der Waals surface area contributed by atoms with Crippen LogP contribution in [0.5, 0.6) is 0 Å². The molecule has 1 aromatic heterocycles. The van der Waals surface area contributed by atoms with E-state index in [4.69, 9.17) is 0 Å². The molecule has 10 heteroatoms. The maximum Gasteiger partial charge on any atom is 0.405 e. The third-order valence-corrected chi connectivity index (χ3v) is 4.78. The molecule has 28 heavy (non-hydrogen) atoms. The quantitative estimate of drug-likeness (QED) is 0.752. The number of nitrogens with one attached hydrogen (secondary N) is 2. The number of aryl methyl sites for hydroxylation is 1. The van der Waals surface area contributed by atoms with E-state index in [0.29, 0.717) is 24.0 Å². The van der Waals surface area contributed by atoms with Gasteiger partial charge >= 0.3 is 6.18 Å². The minimum atomic E-state index is -4.42. The molecular formula is C18H22F3N5O2. The van der Waals surface area contributed by atoms with Gasteiger partial charge < -0.3 is 10.6 Å². The highest BCUT2D eigenvalue weighted by Crippen LogP contribution is 2.24. The molecule has 0 aliphatic carbocycles. The molecular weight excluding hydrogens is 375 g/mol. The summed E-state index contributed by atoms with van der Waals surface area (Å²) in [7, 11) is 0. The smallest absolute Gasteiger partial charge is 0.354 e. The minimum absolute atomic E-state index is 0.0357. The fourth-order valence-electron chi connectivity index (χ4n) is 3.29. The average molecular weight is 397 g/mol. The van der Waals surface area contributed by atoms with Crippen LogP contribution in [0.1, 0.15) is 6.42 Å². The lowest BCUT2D eigenvalue weighted by Crippen LogP contribution is -2.57. The van der Waals surface area contributed by atoms with Crippen molar-refractivity contribution in [3.8, 4) is 0 Å². The van der Waals surface area contributed by atoms with E-state index in [0.717, 1.165) is 0 Å². The summed E-state index contributed by atoms with van der Waals surface area (Å²) >= 11 is 0. The van der Waals surface area contributed by atoms with E-state index in [1.807, 2.05) is 0 Å². The van der Waals surface area contributed by atoms with Crippen LogP contribution in [0.25, 0.3) is 10.9 Å². The van der Waals surface area contributed by atoms with E-state index in [-0.39, 0.29) is 31.5 Å². The first-order valence-corrected chi connectivity index (χ1v) is 9.09. The molecule has 2 N–H and O–H groups in total. The van der Waals surface area contributed by atoms with E-state index in [9.17, 15) is 22.8 Å². The first-order chi connectivity index (χ1) is 13.4. The number of piperazine rings is 1. The molecule has 1 fully saturated rings. The number of carbonyl (C=O) groups is 1. The zero-order valence-electron chi connectivity index (χ0n) is 15.2. The number of nitrogens with zero attached hydrogens (tertiary/aromatic N) is 3. The molecule has 1 atom stereocenters. The van der Waals surface area contributed by atoms with Crippen LogP contribution in [0.4, 0.5) is 13.2 Å². The molecule has 0 radical (unpaired) electrons. The van der Waals surface area contributed by atoms with Crippen molar-refractivity contribution in [2.24, 2.45) is 0 Å².